The molecular formula is C22H28N4O4S. The molecule has 8 nitrogen and oxygen atoms in total. The van der Waals surface area contributed by atoms with Crippen LogP contribution in [0.2, 0.25) is 0 Å². The summed E-state index contributed by atoms with van der Waals surface area (Å²) in [5.41, 5.74) is 8.08. The van der Waals surface area contributed by atoms with Gasteiger partial charge in [-0.3, -0.25) is 4.79 Å². The second kappa shape index (κ2) is 9.49. The van der Waals surface area contributed by atoms with Crippen LogP contribution in [-0.4, -0.2) is 55.7 Å². The van der Waals surface area contributed by atoms with Crippen LogP contribution in [0.1, 0.15) is 29.2 Å². The molecule has 0 saturated carbocycles. The van der Waals surface area contributed by atoms with Crippen molar-refractivity contribution in [2.45, 2.75) is 31.2 Å². The molecule has 1 atom stereocenters. The van der Waals surface area contributed by atoms with Crippen molar-refractivity contribution in [2.75, 3.05) is 26.2 Å². The fraction of sp³-hybridized carbons (Fsp3) is 0.364. The van der Waals surface area contributed by atoms with E-state index in [0.29, 0.717) is 13.1 Å². The van der Waals surface area contributed by atoms with Gasteiger partial charge in [-0.1, -0.05) is 42.0 Å². The first-order valence-electron chi connectivity index (χ1n) is 10.1. The van der Waals surface area contributed by atoms with E-state index in [1.54, 1.807) is 29.2 Å². The zero-order chi connectivity index (χ0) is 22.6. The Labute approximate surface area is 183 Å². The van der Waals surface area contributed by atoms with Gasteiger partial charge in [0.1, 0.15) is 0 Å². The minimum atomic E-state index is -3.59. The molecule has 1 unspecified atom stereocenters. The Bertz CT molecular complexity index is 1050. The van der Waals surface area contributed by atoms with Crippen molar-refractivity contribution in [2.24, 2.45) is 5.73 Å². The van der Waals surface area contributed by atoms with Crippen LogP contribution in [0.5, 0.6) is 0 Å². The Hall–Kier alpha value is -2.91. The average molecular weight is 445 g/mol. The van der Waals surface area contributed by atoms with E-state index in [2.05, 4.69) is 5.32 Å². The zero-order valence-corrected chi connectivity index (χ0v) is 18.6. The summed E-state index contributed by atoms with van der Waals surface area (Å²) in [6, 6.07) is 13.0. The Morgan fingerprint density at radius 2 is 1.61 bits per heavy atom. The van der Waals surface area contributed by atoms with E-state index in [1.807, 2.05) is 38.1 Å². The molecule has 9 heteroatoms. The van der Waals surface area contributed by atoms with Crippen LogP contribution in [0.4, 0.5) is 4.79 Å². The molecular weight excluding hydrogens is 416 g/mol. The van der Waals surface area contributed by atoms with E-state index in [9.17, 15) is 18.0 Å². The molecule has 1 aliphatic heterocycles. The number of primary amides is 1. The highest BCUT2D eigenvalue weighted by molar-refractivity contribution is 7.89. The van der Waals surface area contributed by atoms with Crippen LogP contribution < -0.4 is 11.1 Å². The van der Waals surface area contributed by atoms with Gasteiger partial charge in [-0.25, -0.2) is 13.2 Å². The number of aryl methyl sites for hydroxylation is 2. The van der Waals surface area contributed by atoms with Crippen molar-refractivity contribution < 1.29 is 18.0 Å². The maximum atomic E-state index is 12.9. The molecule has 0 bridgehead atoms. The van der Waals surface area contributed by atoms with Gasteiger partial charge in [0.05, 0.1) is 17.4 Å². The van der Waals surface area contributed by atoms with Gasteiger partial charge in [0.2, 0.25) is 15.9 Å². The highest BCUT2D eigenvalue weighted by Crippen LogP contribution is 2.23. The number of nitrogens with zero attached hydrogens (tertiary/aromatic N) is 2. The monoisotopic (exact) mass is 444 g/mol. The summed E-state index contributed by atoms with van der Waals surface area (Å²) in [6.07, 6.45) is 0.0541. The largest absolute Gasteiger partial charge is 0.352 e. The Morgan fingerprint density at radius 1 is 1.00 bits per heavy atom. The minimum absolute atomic E-state index is 0.0541. The molecule has 3 amide bonds. The first-order chi connectivity index (χ1) is 14.7. The van der Waals surface area contributed by atoms with Gasteiger partial charge >= 0.3 is 6.03 Å². The molecule has 1 fully saturated rings. The van der Waals surface area contributed by atoms with E-state index >= 15 is 0 Å². The number of carbonyl (C=O) groups excluding carboxylic acids is 2. The summed E-state index contributed by atoms with van der Waals surface area (Å²) in [5, 5.41) is 2.65. The predicted molar refractivity (Wildman–Crippen MR) is 118 cm³/mol. The SMILES string of the molecule is Cc1ccc(S(=O)(=O)N2CCN(C(=O)CC(NC(N)=O)c3ccccc3C)CC2)cc1. The molecule has 0 radical (unpaired) electrons. The number of nitrogens with two attached hydrogens (primary N) is 1. The lowest BCUT2D eigenvalue weighted by Crippen LogP contribution is -2.51. The molecule has 0 aromatic heterocycles. The number of urea groups is 1. The number of rotatable bonds is 6. The van der Waals surface area contributed by atoms with E-state index in [-0.39, 0.29) is 30.3 Å². The summed E-state index contributed by atoms with van der Waals surface area (Å²) in [4.78, 5) is 26.3. The lowest BCUT2D eigenvalue weighted by molar-refractivity contribution is -0.132. The van der Waals surface area contributed by atoms with Gasteiger partial charge in [-0.05, 0) is 37.1 Å². The highest BCUT2D eigenvalue weighted by Gasteiger charge is 2.31. The summed E-state index contributed by atoms with van der Waals surface area (Å²) in [5.74, 6) is -0.158. The molecule has 1 heterocycles. The Morgan fingerprint density at radius 3 is 2.19 bits per heavy atom. The minimum Gasteiger partial charge on any atom is -0.352 e. The number of carbonyl (C=O) groups is 2. The van der Waals surface area contributed by atoms with Gasteiger partial charge in [0.25, 0.3) is 0 Å². The van der Waals surface area contributed by atoms with Gasteiger partial charge in [0, 0.05) is 26.2 Å². The summed E-state index contributed by atoms with van der Waals surface area (Å²) >= 11 is 0. The van der Waals surface area contributed by atoms with Crippen LogP contribution >= 0.6 is 0 Å². The molecule has 3 N–H and O–H groups in total. The quantitative estimate of drug-likeness (QED) is 0.709. The van der Waals surface area contributed by atoms with Gasteiger partial charge in [-0.2, -0.15) is 4.31 Å². The van der Waals surface area contributed by atoms with E-state index < -0.39 is 22.1 Å². The van der Waals surface area contributed by atoms with E-state index in [4.69, 9.17) is 5.73 Å². The second-order valence-electron chi connectivity index (χ2n) is 7.72. The Balaban J connectivity index is 1.65. The van der Waals surface area contributed by atoms with Crippen LogP contribution in [0.15, 0.2) is 53.4 Å². The maximum Gasteiger partial charge on any atom is 0.312 e. The van der Waals surface area contributed by atoms with Crippen LogP contribution in [0.25, 0.3) is 0 Å². The normalized spacial score (nSPS) is 16.0. The maximum absolute atomic E-state index is 12.9. The molecule has 2 aromatic carbocycles. The van der Waals surface area contributed by atoms with Crippen molar-refractivity contribution in [3.05, 3.63) is 65.2 Å². The number of nitrogens with one attached hydrogen (secondary N) is 1. The third-order valence-corrected chi connectivity index (χ3v) is 7.42. The fourth-order valence-corrected chi connectivity index (χ4v) is 5.15. The first kappa shape index (κ1) is 22.8. The van der Waals surface area contributed by atoms with Crippen molar-refractivity contribution >= 4 is 22.0 Å². The number of amides is 3. The van der Waals surface area contributed by atoms with E-state index in [0.717, 1.165) is 16.7 Å². The fourth-order valence-electron chi connectivity index (χ4n) is 3.73. The summed E-state index contributed by atoms with van der Waals surface area (Å²) in [6.45, 7) is 4.84. The number of piperazine rings is 1. The Kier molecular flexibility index (Phi) is 6.97. The molecule has 3 rings (SSSR count). The molecule has 1 aliphatic rings. The number of benzene rings is 2. The van der Waals surface area contributed by atoms with Crippen LogP contribution in [0.3, 0.4) is 0 Å². The average Bonchev–Trinajstić information content (AvgIpc) is 2.73. The number of sulfonamides is 1. The summed E-state index contributed by atoms with van der Waals surface area (Å²) < 4.78 is 27.1. The standard InChI is InChI=1S/C22H28N4O4S/c1-16-7-9-18(10-8-16)31(29,30)26-13-11-25(12-14-26)21(27)15-20(24-22(23)28)19-6-4-3-5-17(19)2/h3-10,20H,11-15H2,1-2H3,(H3,23,24,28). The molecule has 0 spiro atoms. The summed E-state index contributed by atoms with van der Waals surface area (Å²) in [7, 11) is -3.59. The topological polar surface area (TPSA) is 113 Å². The lowest BCUT2D eigenvalue weighted by atomic mass is 9.98. The predicted octanol–water partition coefficient (Wildman–Crippen LogP) is 1.94. The molecule has 1 saturated heterocycles. The lowest BCUT2D eigenvalue weighted by Gasteiger charge is -2.35. The van der Waals surface area contributed by atoms with Gasteiger partial charge < -0.3 is 16.0 Å². The van der Waals surface area contributed by atoms with E-state index in [1.165, 1.54) is 4.31 Å². The molecule has 166 valence electrons. The van der Waals surface area contributed by atoms with Crippen molar-refractivity contribution in [3.63, 3.8) is 0 Å². The number of hydrogen-bond acceptors (Lipinski definition) is 4. The molecule has 0 aliphatic carbocycles. The smallest absolute Gasteiger partial charge is 0.312 e. The van der Waals surface area contributed by atoms with Crippen molar-refractivity contribution in [1.82, 2.24) is 14.5 Å². The third-order valence-electron chi connectivity index (χ3n) is 5.51. The third kappa shape index (κ3) is 5.42. The van der Waals surface area contributed by atoms with Gasteiger partial charge in [0.15, 0.2) is 0 Å². The second-order valence-corrected chi connectivity index (χ2v) is 9.66. The van der Waals surface area contributed by atoms with Crippen LogP contribution in [-0.2, 0) is 14.8 Å². The molecule has 31 heavy (non-hydrogen) atoms. The van der Waals surface area contributed by atoms with Crippen molar-refractivity contribution in [1.29, 1.82) is 0 Å². The highest BCUT2D eigenvalue weighted by atomic mass is 32.2. The van der Waals surface area contributed by atoms with Crippen molar-refractivity contribution in [3.8, 4) is 0 Å². The van der Waals surface area contributed by atoms with Crippen LogP contribution in [0, 0.1) is 13.8 Å². The zero-order valence-electron chi connectivity index (χ0n) is 17.7. The molecule has 2 aromatic rings. The van der Waals surface area contributed by atoms with Gasteiger partial charge in [-0.15, -0.1) is 0 Å². The first-order valence-corrected chi connectivity index (χ1v) is 11.6. The number of hydrogen-bond donors (Lipinski definition) is 2.